The Hall–Kier alpha value is -4.38. The first kappa shape index (κ1) is 25.9. The number of nitrogens with two attached hydrogens (primary N) is 3. The lowest BCUT2D eigenvalue weighted by Crippen LogP contribution is -2.33. The number of nitrogens with one attached hydrogen (secondary N) is 1. The van der Waals surface area contributed by atoms with Gasteiger partial charge in [0, 0.05) is 35.8 Å². The van der Waals surface area contributed by atoms with E-state index >= 15 is 0 Å². The predicted molar refractivity (Wildman–Crippen MR) is 136 cm³/mol. The van der Waals surface area contributed by atoms with Crippen LogP contribution in [-0.4, -0.2) is 76.8 Å². The molecule has 5 atom stereocenters. The Morgan fingerprint density at radius 2 is 2.05 bits per heavy atom. The fourth-order valence-corrected chi connectivity index (χ4v) is 5.67. The van der Waals surface area contributed by atoms with Gasteiger partial charge in [-0.2, -0.15) is 0 Å². The first-order valence-corrected chi connectivity index (χ1v) is 12.5. The lowest BCUT2D eigenvalue weighted by molar-refractivity contribution is -0.0432. The number of carbonyl (C=O) groups is 3. The number of ketones is 2. The second-order valence-electron chi connectivity index (χ2n) is 9.95. The van der Waals surface area contributed by atoms with Gasteiger partial charge in [-0.15, -0.1) is 0 Å². The van der Waals surface area contributed by atoms with Gasteiger partial charge >= 0.3 is 6.09 Å². The number of Topliss-reactive ketones (excluding diaryl/α,β-unsaturated/α-hetero) is 2. The summed E-state index contributed by atoms with van der Waals surface area (Å²) in [5.41, 5.74) is 19.3. The van der Waals surface area contributed by atoms with Gasteiger partial charge in [0.1, 0.15) is 31.0 Å². The van der Waals surface area contributed by atoms with Crippen LogP contribution in [0.4, 0.5) is 10.6 Å². The Labute approximate surface area is 225 Å². The molecule has 16 heteroatoms. The van der Waals surface area contributed by atoms with Crippen molar-refractivity contribution in [3.8, 4) is 0 Å². The van der Waals surface area contributed by atoms with Crippen molar-refractivity contribution in [3.63, 3.8) is 0 Å². The maximum Gasteiger partial charge on any atom is 0.404 e. The van der Waals surface area contributed by atoms with E-state index in [1.54, 1.807) is 9.13 Å². The van der Waals surface area contributed by atoms with Crippen LogP contribution in [0, 0.1) is 0 Å². The molecular formula is C24H27N9O7. The van der Waals surface area contributed by atoms with E-state index in [-0.39, 0.29) is 54.3 Å². The van der Waals surface area contributed by atoms with Crippen LogP contribution in [0.3, 0.4) is 0 Å². The van der Waals surface area contributed by atoms with E-state index in [0.717, 1.165) is 0 Å². The van der Waals surface area contributed by atoms with Crippen LogP contribution in [0.15, 0.2) is 23.9 Å². The molecule has 0 spiro atoms. The number of rotatable bonds is 6. The van der Waals surface area contributed by atoms with Crippen LogP contribution in [0.25, 0.3) is 11.2 Å². The Bertz CT molecular complexity index is 1610. The number of ether oxygens (including phenoxy) is 2. The van der Waals surface area contributed by atoms with Crippen molar-refractivity contribution in [2.24, 2.45) is 17.2 Å². The molecule has 0 saturated carbocycles. The quantitative estimate of drug-likeness (QED) is 0.214. The van der Waals surface area contributed by atoms with Gasteiger partial charge in [-0.1, -0.05) is 0 Å². The number of imidazole rings is 1. The second-order valence-corrected chi connectivity index (χ2v) is 9.95. The maximum absolute atomic E-state index is 13.2. The molecule has 16 nitrogen and oxygen atoms in total. The summed E-state index contributed by atoms with van der Waals surface area (Å²) >= 11 is 0. The first-order chi connectivity index (χ1) is 19.1. The fraction of sp³-hybridized carbons (Fsp3) is 0.417. The number of amides is 1. The summed E-state index contributed by atoms with van der Waals surface area (Å²) in [4.78, 5) is 51.0. The number of hydrogen-bond acceptors (Lipinski definition) is 13. The zero-order valence-electron chi connectivity index (χ0n) is 21.3. The number of allylic oxidation sites excluding steroid dienone is 2. The lowest BCUT2D eigenvalue weighted by atomic mass is 9.89. The molecule has 6 rings (SSSR count). The SMILES string of the molecule is CC1=C(N)C(=O)c2c(COC(N)=O)c3n(c2C1=O)C[C@H](N)[C@@H]3Nc1ncnc2c1ncn2[C@H]1C[C@H](O)[C@@H](CO)O1. The van der Waals surface area contributed by atoms with E-state index in [1.807, 2.05) is 0 Å². The molecule has 3 aromatic rings. The molecule has 5 heterocycles. The van der Waals surface area contributed by atoms with Crippen LogP contribution >= 0.6 is 0 Å². The fourth-order valence-electron chi connectivity index (χ4n) is 5.67. The molecule has 1 fully saturated rings. The average Bonchev–Trinajstić information content (AvgIpc) is 3.67. The molecule has 0 radical (unpaired) electrons. The largest absolute Gasteiger partial charge is 0.445 e. The highest BCUT2D eigenvalue weighted by Gasteiger charge is 2.44. The summed E-state index contributed by atoms with van der Waals surface area (Å²) in [6.07, 6.45) is -0.179. The molecule has 40 heavy (non-hydrogen) atoms. The van der Waals surface area contributed by atoms with E-state index in [9.17, 15) is 24.6 Å². The van der Waals surface area contributed by atoms with Gasteiger partial charge in [0.25, 0.3) is 0 Å². The third-order valence-corrected chi connectivity index (χ3v) is 7.66. The Morgan fingerprint density at radius 1 is 1.27 bits per heavy atom. The summed E-state index contributed by atoms with van der Waals surface area (Å²) < 4.78 is 14.1. The Kier molecular flexibility index (Phi) is 6.06. The molecule has 0 bridgehead atoms. The van der Waals surface area contributed by atoms with Crippen molar-refractivity contribution >= 4 is 34.6 Å². The lowest BCUT2D eigenvalue weighted by Gasteiger charge is -2.21. The van der Waals surface area contributed by atoms with E-state index in [0.29, 0.717) is 22.7 Å². The topological polar surface area (TPSA) is 249 Å². The third kappa shape index (κ3) is 3.75. The van der Waals surface area contributed by atoms with Gasteiger partial charge in [-0.25, -0.2) is 19.7 Å². The van der Waals surface area contributed by atoms with Gasteiger partial charge in [0.2, 0.25) is 11.6 Å². The van der Waals surface area contributed by atoms with E-state index < -0.39 is 48.2 Å². The minimum atomic E-state index is -1.06. The van der Waals surface area contributed by atoms with Crippen LogP contribution < -0.4 is 22.5 Å². The number of nitrogens with zero attached hydrogens (tertiary/aromatic N) is 5. The van der Waals surface area contributed by atoms with E-state index in [4.69, 9.17) is 26.7 Å². The molecule has 3 aliphatic rings. The minimum Gasteiger partial charge on any atom is -0.445 e. The van der Waals surface area contributed by atoms with Crippen molar-refractivity contribution in [1.29, 1.82) is 0 Å². The highest BCUT2D eigenvalue weighted by molar-refractivity contribution is 6.26. The normalized spacial score (nSPS) is 25.9. The first-order valence-electron chi connectivity index (χ1n) is 12.5. The summed E-state index contributed by atoms with van der Waals surface area (Å²) in [7, 11) is 0. The average molecular weight is 554 g/mol. The molecule has 3 aromatic heterocycles. The molecule has 2 aliphatic heterocycles. The number of anilines is 1. The number of carbonyl (C=O) groups excluding carboxylic acids is 3. The summed E-state index contributed by atoms with van der Waals surface area (Å²) in [5.74, 6) is -0.663. The van der Waals surface area contributed by atoms with E-state index in [2.05, 4.69) is 20.3 Å². The van der Waals surface area contributed by atoms with Gasteiger partial charge in [-0.3, -0.25) is 14.2 Å². The van der Waals surface area contributed by atoms with Crippen LogP contribution in [0.1, 0.15) is 57.7 Å². The van der Waals surface area contributed by atoms with Gasteiger partial charge in [0.05, 0.1) is 36.3 Å². The zero-order chi connectivity index (χ0) is 28.5. The molecule has 1 amide bonds. The van der Waals surface area contributed by atoms with Crippen molar-refractivity contribution in [2.75, 3.05) is 11.9 Å². The van der Waals surface area contributed by atoms with Crippen molar-refractivity contribution in [2.45, 2.75) is 57.0 Å². The highest BCUT2D eigenvalue weighted by Crippen LogP contribution is 2.41. The number of fused-ring (bicyclic) bond motifs is 4. The van der Waals surface area contributed by atoms with Crippen molar-refractivity contribution < 1.29 is 34.1 Å². The summed E-state index contributed by atoms with van der Waals surface area (Å²) in [6.45, 7) is 0.948. The molecule has 0 aromatic carbocycles. The summed E-state index contributed by atoms with van der Waals surface area (Å²) in [6, 6.07) is -1.27. The molecular weight excluding hydrogens is 526 g/mol. The zero-order valence-corrected chi connectivity index (χ0v) is 21.3. The van der Waals surface area contributed by atoms with Crippen LogP contribution in [-0.2, 0) is 22.6 Å². The van der Waals surface area contributed by atoms with Crippen molar-refractivity contribution in [3.05, 3.63) is 46.4 Å². The van der Waals surface area contributed by atoms with Crippen molar-refractivity contribution in [1.82, 2.24) is 24.1 Å². The number of primary amides is 1. The van der Waals surface area contributed by atoms with Crippen LogP contribution in [0.2, 0.25) is 0 Å². The number of aromatic nitrogens is 5. The highest BCUT2D eigenvalue weighted by atomic mass is 16.5. The Balaban J connectivity index is 1.41. The predicted octanol–water partition coefficient (Wildman–Crippen LogP) is -1.03. The monoisotopic (exact) mass is 553 g/mol. The van der Waals surface area contributed by atoms with E-state index in [1.165, 1.54) is 19.6 Å². The smallest absolute Gasteiger partial charge is 0.404 e. The molecule has 1 saturated heterocycles. The van der Waals surface area contributed by atoms with Gasteiger partial charge < -0.3 is 46.8 Å². The molecule has 9 N–H and O–H groups in total. The number of aliphatic hydroxyl groups is 2. The van der Waals surface area contributed by atoms with Gasteiger partial charge in [0.15, 0.2) is 17.0 Å². The summed E-state index contributed by atoms with van der Waals surface area (Å²) in [5, 5.41) is 22.9. The molecule has 1 aliphatic carbocycles. The molecule has 210 valence electrons. The Morgan fingerprint density at radius 3 is 2.75 bits per heavy atom. The number of aliphatic hydroxyl groups excluding tert-OH is 2. The van der Waals surface area contributed by atoms with Crippen LogP contribution in [0.5, 0.6) is 0 Å². The maximum atomic E-state index is 13.2. The minimum absolute atomic E-state index is 0.0514. The third-order valence-electron chi connectivity index (χ3n) is 7.66. The standard InChI is InChI=1S/C24H27N9O7/c1-8-15(26)21(37)14-9(5-39-24(27)38)18-16(10(25)3-32(18)19(14)20(8)36)31-22-17-23(29-6-28-22)33(7-30-17)13-2-11(35)12(4-34)40-13/h6-7,10-13,16,34-35H,2-5,25-26H2,1H3,(H2,27,38)(H,28,29,31)/t10-,11-,12+,13+,16-/m0/s1. The van der Waals surface area contributed by atoms with Gasteiger partial charge in [-0.05, 0) is 6.92 Å². The molecule has 0 unspecified atom stereocenters. The second kappa shape index (κ2) is 9.37. The number of hydrogen-bond donors (Lipinski definition) is 6.